The molecule has 0 saturated heterocycles. The van der Waals surface area contributed by atoms with Crippen molar-refractivity contribution in [3.63, 3.8) is 0 Å². The molecule has 24 heavy (non-hydrogen) atoms. The minimum Gasteiger partial charge on any atom is -0.376 e. The normalized spacial score (nSPS) is 11.2. The van der Waals surface area contributed by atoms with Gasteiger partial charge in [-0.05, 0) is 52.8 Å². The van der Waals surface area contributed by atoms with Gasteiger partial charge in [0.1, 0.15) is 0 Å². The standard InChI is InChI=1S/C19H26N4O/c1-13(2)23-15(4)10-17(16(23)5)11-21-22-19(24)12-20-18-8-6-14(3)7-9-18/h6-11,13,20H,12H2,1-5H3,(H,22,24)/b21-11-. The molecule has 0 unspecified atom stereocenters. The zero-order valence-electron chi connectivity index (χ0n) is 15.1. The van der Waals surface area contributed by atoms with Crippen molar-refractivity contribution in [3.8, 4) is 0 Å². The van der Waals surface area contributed by atoms with E-state index in [1.807, 2.05) is 31.2 Å². The van der Waals surface area contributed by atoms with E-state index >= 15 is 0 Å². The largest absolute Gasteiger partial charge is 0.376 e. The number of amides is 1. The van der Waals surface area contributed by atoms with Crippen molar-refractivity contribution in [3.05, 3.63) is 52.8 Å². The molecule has 0 aliphatic heterocycles. The summed E-state index contributed by atoms with van der Waals surface area (Å²) in [4.78, 5) is 11.8. The topological polar surface area (TPSA) is 58.4 Å². The average molecular weight is 326 g/mol. The van der Waals surface area contributed by atoms with Gasteiger partial charge in [0, 0.05) is 28.7 Å². The fourth-order valence-electron chi connectivity index (χ4n) is 2.79. The van der Waals surface area contributed by atoms with Gasteiger partial charge in [0.2, 0.25) is 0 Å². The molecule has 1 aromatic heterocycles. The molecule has 0 saturated carbocycles. The van der Waals surface area contributed by atoms with Crippen molar-refractivity contribution in [2.45, 2.75) is 40.7 Å². The Morgan fingerprint density at radius 2 is 1.88 bits per heavy atom. The first-order valence-corrected chi connectivity index (χ1v) is 8.19. The molecule has 0 radical (unpaired) electrons. The Labute approximate surface area is 143 Å². The van der Waals surface area contributed by atoms with Crippen molar-refractivity contribution in [1.29, 1.82) is 0 Å². The summed E-state index contributed by atoms with van der Waals surface area (Å²) in [6.07, 6.45) is 1.70. The van der Waals surface area contributed by atoms with Gasteiger partial charge in [0.05, 0.1) is 12.8 Å². The Morgan fingerprint density at radius 3 is 2.46 bits per heavy atom. The second kappa shape index (κ2) is 7.81. The number of carbonyl (C=O) groups is 1. The number of benzene rings is 1. The number of anilines is 1. The van der Waals surface area contributed by atoms with E-state index < -0.39 is 0 Å². The maximum absolute atomic E-state index is 11.8. The first kappa shape index (κ1) is 17.8. The molecule has 2 N–H and O–H groups in total. The van der Waals surface area contributed by atoms with E-state index in [4.69, 9.17) is 0 Å². The van der Waals surface area contributed by atoms with Gasteiger partial charge < -0.3 is 9.88 Å². The number of hydrogen-bond donors (Lipinski definition) is 2. The van der Waals surface area contributed by atoms with Gasteiger partial charge >= 0.3 is 0 Å². The molecule has 0 fully saturated rings. The zero-order chi connectivity index (χ0) is 17.7. The number of aryl methyl sites for hydroxylation is 2. The van der Waals surface area contributed by atoms with E-state index in [0.717, 1.165) is 16.9 Å². The van der Waals surface area contributed by atoms with E-state index in [-0.39, 0.29) is 12.5 Å². The molecule has 2 aromatic rings. The summed E-state index contributed by atoms with van der Waals surface area (Å²) >= 11 is 0. The lowest BCUT2D eigenvalue weighted by molar-refractivity contribution is -0.119. The average Bonchev–Trinajstić information content (AvgIpc) is 2.81. The predicted molar refractivity (Wildman–Crippen MR) is 99.7 cm³/mol. The Hall–Kier alpha value is -2.56. The maximum atomic E-state index is 11.8. The quantitative estimate of drug-likeness (QED) is 0.630. The number of carbonyl (C=O) groups excluding carboxylic acids is 1. The SMILES string of the molecule is Cc1ccc(NCC(=O)N/N=C\c2cc(C)n(C(C)C)c2C)cc1. The van der Waals surface area contributed by atoms with Crippen LogP contribution < -0.4 is 10.7 Å². The molecule has 5 heteroatoms. The lowest BCUT2D eigenvalue weighted by atomic mass is 10.2. The number of nitrogens with one attached hydrogen (secondary N) is 2. The summed E-state index contributed by atoms with van der Waals surface area (Å²) in [7, 11) is 0. The molecule has 5 nitrogen and oxygen atoms in total. The summed E-state index contributed by atoms with van der Waals surface area (Å²) < 4.78 is 2.25. The van der Waals surface area contributed by atoms with Crippen molar-refractivity contribution in [1.82, 2.24) is 9.99 Å². The van der Waals surface area contributed by atoms with Crippen LogP contribution in [0.1, 0.15) is 42.4 Å². The number of hydrogen-bond acceptors (Lipinski definition) is 3. The van der Waals surface area contributed by atoms with Crippen LogP contribution in [0.2, 0.25) is 0 Å². The van der Waals surface area contributed by atoms with Gasteiger partial charge in [-0.15, -0.1) is 0 Å². The van der Waals surface area contributed by atoms with E-state index in [9.17, 15) is 4.79 Å². The molecule has 1 aromatic carbocycles. The van der Waals surface area contributed by atoms with Crippen LogP contribution in [0.4, 0.5) is 5.69 Å². The smallest absolute Gasteiger partial charge is 0.259 e. The molecule has 0 atom stereocenters. The Balaban J connectivity index is 1.88. The Bertz CT molecular complexity index is 727. The summed E-state index contributed by atoms with van der Waals surface area (Å²) in [5.74, 6) is -0.176. The highest BCUT2D eigenvalue weighted by Gasteiger charge is 2.09. The van der Waals surface area contributed by atoms with Crippen LogP contribution in [0.15, 0.2) is 35.4 Å². The van der Waals surface area contributed by atoms with Crippen molar-refractivity contribution in [2.24, 2.45) is 5.10 Å². The number of hydrazone groups is 1. The Morgan fingerprint density at radius 1 is 1.21 bits per heavy atom. The fraction of sp³-hybridized carbons (Fsp3) is 0.368. The summed E-state index contributed by atoms with van der Waals surface area (Å²) in [6, 6.07) is 10.4. The van der Waals surface area contributed by atoms with E-state index in [1.54, 1.807) is 6.21 Å². The van der Waals surface area contributed by atoms with Crippen LogP contribution in [0, 0.1) is 20.8 Å². The van der Waals surface area contributed by atoms with E-state index in [0.29, 0.717) is 6.04 Å². The van der Waals surface area contributed by atoms with Gasteiger partial charge in [-0.1, -0.05) is 17.7 Å². The molecule has 2 rings (SSSR count). The van der Waals surface area contributed by atoms with E-state index in [2.05, 4.69) is 54.2 Å². The minimum atomic E-state index is -0.176. The van der Waals surface area contributed by atoms with Crippen LogP contribution >= 0.6 is 0 Å². The number of aromatic nitrogens is 1. The molecule has 0 spiro atoms. The predicted octanol–water partition coefficient (Wildman–Crippen LogP) is 3.56. The third kappa shape index (κ3) is 4.47. The molecule has 0 bridgehead atoms. The molecular formula is C19H26N4O. The number of rotatable bonds is 6. The molecular weight excluding hydrogens is 300 g/mol. The lowest BCUT2D eigenvalue weighted by Gasteiger charge is -2.13. The monoisotopic (exact) mass is 326 g/mol. The number of nitrogens with zero attached hydrogens (tertiary/aromatic N) is 2. The first-order chi connectivity index (χ1) is 11.4. The van der Waals surface area contributed by atoms with Gasteiger partial charge in [0.15, 0.2) is 0 Å². The van der Waals surface area contributed by atoms with Crippen LogP contribution in [0.5, 0.6) is 0 Å². The summed E-state index contributed by atoms with van der Waals surface area (Å²) in [6.45, 7) is 10.7. The van der Waals surface area contributed by atoms with Crippen molar-refractivity contribution < 1.29 is 4.79 Å². The van der Waals surface area contributed by atoms with E-state index in [1.165, 1.54) is 11.3 Å². The zero-order valence-corrected chi connectivity index (χ0v) is 15.1. The van der Waals surface area contributed by atoms with Crippen LogP contribution in [0.3, 0.4) is 0 Å². The third-order valence-corrected chi connectivity index (χ3v) is 3.94. The molecule has 128 valence electrons. The lowest BCUT2D eigenvalue weighted by Crippen LogP contribution is -2.25. The second-order valence-corrected chi connectivity index (χ2v) is 6.30. The van der Waals surface area contributed by atoms with Crippen molar-refractivity contribution in [2.75, 3.05) is 11.9 Å². The molecule has 0 aliphatic rings. The van der Waals surface area contributed by atoms with Gasteiger partial charge in [-0.3, -0.25) is 4.79 Å². The summed E-state index contributed by atoms with van der Waals surface area (Å²) in [5.41, 5.74) is 8.03. The molecule has 1 heterocycles. The van der Waals surface area contributed by atoms with Crippen molar-refractivity contribution >= 4 is 17.8 Å². The van der Waals surface area contributed by atoms with Gasteiger partial charge in [0.25, 0.3) is 5.91 Å². The Kier molecular flexibility index (Phi) is 5.79. The van der Waals surface area contributed by atoms with Crippen LogP contribution in [-0.2, 0) is 4.79 Å². The fourth-order valence-corrected chi connectivity index (χ4v) is 2.79. The highest BCUT2D eigenvalue weighted by molar-refractivity contribution is 5.85. The third-order valence-electron chi connectivity index (χ3n) is 3.94. The molecule has 0 aliphatic carbocycles. The highest BCUT2D eigenvalue weighted by atomic mass is 16.2. The van der Waals surface area contributed by atoms with Gasteiger partial charge in [-0.25, -0.2) is 5.43 Å². The highest BCUT2D eigenvalue weighted by Crippen LogP contribution is 2.18. The second-order valence-electron chi connectivity index (χ2n) is 6.30. The minimum absolute atomic E-state index is 0.176. The maximum Gasteiger partial charge on any atom is 0.259 e. The summed E-state index contributed by atoms with van der Waals surface area (Å²) in [5, 5.41) is 7.13. The van der Waals surface area contributed by atoms with Gasteiger partial charge in [-0.2, -0.15) is 5.10 Å². The van der Waals surface area contributed by atoms with Crippen LogP contribution in [0.25, 0.3) is 0 Å². The molecule has 1 amide bonds. The van der Waals surface area contributed by atoms with Crippen LogP contribution in [-0.4, -0.2) is 23.2 Å². The first-order valence-electron chi connectivity index (χ1n) is 8.19.